The van der Waals surface area contributed by atoms with Crippen molar-refractivity contribution < 1.29 is 9.47 Å². The fourth-order valence-electron chi connectivity index (χ4n) is 2.94. The first-order valence-corrected chi connectivity index (χ1v) is 9.42. The van der Waals surface area contributed by atoms with E-state index in [-0.39, 0.29) is 24.0 Å². The average Bonchev–Trinajstić information content (AvgIpc) is 3.21. The van der Waals surface area contributed by atoms with E-state index in [4.69, 9.17) is 9.47 Å². The lowest BCUT2D eigenvalue weighted by Gasteiger charge is -2.14. The largest absolute Gasteiger partial charge is 0.497 e. The summed E-state index contributed by atoms with van der Waals surface area (Å²) in [6.45, 7) is 1.97. The molecule has 0 saturated heterocycles. The lowest BCUT2D eigenvalue weighted by atomic mass is 10.2. The smallest absolute Gasteiger partial charge is 0.191 e. The summed E-state index contributed by atoms with van der Waals surface area (Å²) in [4.78, 5) is 4.28. The molecule has 0 radical (unpaired) electrons. The summed E-state index contributed by atoms with van der Waals surface area (Å²) >= 11 is 0. The Hall–Kier alpha value is -2.75. The van der Waals surface area contributed by atoms with Crippen LogP contribution >= 0.6 is 24.0 Å². The zero-order valence-electron chi connectivity index (χ0n) is 17.5. The first kappa shape index (κ1) is 23.5. The SMILES string of the molecule is CN=C(NCc1cnn(Cc2ccccc2)c1)NCc1ccc(OC)cc1OC.I. The fourth-order valence-corrected chi connectivity index (χ4v) is 2.94. The maximum atomic E-state index is 5.44. The molecule has 0 unspecified atom stereocenters. The van der Waals surface area contributed by atoms with Crippen molar-refractivity contribution >= 4 is 29.9 Å². The van der Waals surface area contributed by atoms with Crippen LogP contribution in [0.1, 0.15) is 16.7 Å². The molecule has 0 atom stereocenters. The van der Waals surface area contributed by atoms with E-state index in [0.29, 0.717) is 19.0 Å². The van der Waals surface area contributed by atoms with Gasteiger partial charge in [0.25, 0.3) is 0 Å². The molecule has 1 heterocycles. The Morgan fingerprint density at radius 1 is 1.00 bits per heavy atom. The highest BCUT2D eigenvalue weighted by molar-refractivity contribution is 14.0. The summed E-state index contributed by atoms with van der Waals surface area (Å²) < 4.78 is 12.6. The summed E-state index contributed by atoms with van der Waals surface area (Å²) in [5, 5.41) is 11.1. The zero-order valence-corrected chi connectivity index (χ0v) is 19.8. The molecule has 1 aromatic heterocycles. The third-order valence-corrected chi connectivity index (χ3v) is 4.50. The molecule has 0 aliphatic rings. The Morgan fingerprint density at radius 2 is 1.77 bits per heavy atom. The Balaban J connectivity index is 0.00000320. The predicted molar refractivity (Wildman–Crippen MR) is 130 cm³/mol. The fraction of sp³-hybridized carbons (Fsp3) is 0.273. The molecule has 0 aliphatic heterocycles. The van der Waals surface area contributed by atoms with Crippen LogP contribution in [-0.2, 0) is 19.6 Å². The number of nitrogens with zero attached hydrogens (tertiary/aromatic N) is 3. The molecule has 8 heteroatoms. The van der Waals surface area contributed by atoms with Crippen LogP contribution in [0, 0.1) is 0 Å². The normalized spacial score (nSPS) is 10.8. The molecule has 0 amide bonds. The van der Waals surface area contributed by atoms with E-state index in [1.165, 1.54) is 5.56 Å². The molecule has 7 nitrogen and oxygen atoms in total. The number of benzene rings is 2. The van der Waals surface area contributed by atoms with E-state index in [1.54, 1.807) is 21.3 Å². The quantitative estimate of drug-likeness (QED) is 0.270. The van der Waals surface area contributed by atoms with Gasteiger partial charge in [0, 0.05) is 43.5 Å². The molecule has 2 aromatic carbocycles. The topological polar surface area (TPSA) is 72.7 Å². The number of hydrogen-bond donors (Lipinski definition) is 2. The summed E-state index contributed by atoms with van der Waals surface area (Å²) in [5.74, 6) is 2.24. The van der Waals surface area contributed by atoms with Crippen LogP contribution < -0.4 is 20.1 Å². The first-order valence-electron chi connectivity index (χ1n) is 9.42. The van der Waals surface area contributed by atoms with Crippen LogP contribution in [0.3, 0.4) is 0 Å². The second-order valence-corrected chi connectivity index (χ2v) is 6.49. The number of aromatic nitrogens is 2. The van der Waals surface area contributed by atoms with Crippen LogP contribution in [0.2, 0.25) is 0 Å². The number of rotatable bonds is 8. The number of hydrogen-bond acceptors (Lipinski definition) is 4. The average molecular weight is 521 g/mol. The van der Waals surface area contributed by atoms with Gasteiger partial charge in [-0.3, -0.25) is 9.67 Å². The van der Waals surface area contributed by atoms with Crippen LogP contribution in [0.15, 0.2) is 65.9 Å². The summed E-state index contributed by atoms with van der Waals surface area (Å²) in [5.41, 5.74) is 3.33. The molecule has 3 aromatic rings. The number of nitrogens with one attached hydrogen (secondary N) is 2. The number of methoxy groups -OCH3 is 2. The van der Waals surface area contributed by atoms with Crippen molar-refractivity contribution in [3.05, 3.63) is 77.6 Å². The minimum absolute atomic E-state index is 0. The number of halogens is 1. The van der Waals surface area contributed by atoms with Gasteiger partial charge in [0.15, 0.2) is 5.96 Å². The Kier molecular flexibility index (Phi) is 9.46. The molecular weight excluding hydrogens is 493 g/mol. The monoisotopic (exact) mass is 521 g/mol. The van der Waals surface area contributed by atoms with Gasteiger partial charge in [0.1, 0.15) is 11.5 Å². The molecule has 0 spiro atoms. The van der Waals surface area contributed by atoms with Crippen LogP contribution in [0.5, 0.6) is 11.5 Å². The summed E-state index contributed by atoms with van der Waals surface area (Å²) in [6.07, 6.45) is 3.91. The van der Waals surface area contributed by atoms with E-state index in [1.807, 2.05) is 53.5 Å². The minimum Gasteiger partial charge on any atom is -0.497 e. The maximum absolute atomic E-state index is 5.44. The highest BCUT2D eigenvalue weighted by Gasteiger charge is 2.07. The van der Waals surface area contributed by atoms with Crippen molar-refractivity contribution in [2.45, 2.75) is 19.6 Å². The van der Waals surface area contributed by atoms with Crippen LogP contribution in [0.4, 0.5) is 0 Å². The molecule has 2 N–H and O–H groups in total. The summed E-state index contributed by atoms with van der Waals surface area (Å²) in [7, 11) is 5.04. The molecular formula is C22H28IN5O2. The van der Waals surface area contributed by atoms with Gasteiger partial charge in [-0.1, -0.05) is 30.3 Å². The maximum Gasteiger partial charge on any atom is 0.191 e. The van der Waals surface area contributed by atoms with Gasteiger partial charge in [-0.2, -0.15) is 5.10 Å². The molecule has 160 valence electrons. The predicted octanol–water partition coefficient (Wildman–Crippen LogP) is 3.43. The summed E-state index contributed by atoms with van der Waals surface area (Å²) in [6, 6.07) is 16.0. The lowest BCUT2D eigenvalue weighted by Crippen LogP contribution is -2.36. The van der Waals surface area contributed by atoms with Gasteiger partial charge in [-0.05, 0) is 17.7 Å². The van der Waals surface area contributed by atoms with Crippen molar-refractivity contribution in [3.63, 3.8) is 0 Å². The molecule has 30 heavy (non-hydrogen) atoms. The van der Waals surface area contributed by atoms with Gasteiger partial charge in [-0.15, -0.1) is 24.0 Å². The zero-order chi connectivity index (χ0) is 20.5. The van der Waals surface area contributed by atoms with Crippen LogP contribution in [0.25, 0.3) is 0 Å². The molecule has 0 aliphatic carbocycles. The molecule has 0 fully saturated rings. The number of aliphatic imine (C=N–C) groups is 1. The van der Waals surface area contributed by atoms with E-state index < -0.39 is 0 Å². The Morgan fingerprint density at radius 3 is 2.47 bits per heavy atom. The van der Waals surface area contributed by atoms with E-state index in [2.05, 4.69) is 32.9 Å². The number of guanidine groups is 1. The second kappa shape index (κ2) is 12.1. The van der Waals surface area contributed by atoms with Gasteiger partial charge >= 0.3 is 0 Å². The highest BCUT2D eigenvalue weighted by atomic mass is 127. The van der Waals surface area contributed by atoms with Gasteiger partial charge in [-0.25, -0.2) is 0 Å². The highest BCUT2D eigenvalue weighted by Crippen LogP contribution is 2.24. The van der Waals surface area contributed by atoms with Gasteiger partial charge < -0.3 is 20.1 Å². The molecule has 0 saturated carbocycles. The minimum atomic E-state index is 0. The number of ether oxygens (including phenoxy) is 2. The second-order valence-electron chi connectivity index (χ2n) is 6.49. The molecule has 0 bridgehead atoms. The van der Waals surface area contributed by atoms with Gasteiger partial charge in [0.05, 0.1) is 27.0 Å². The lowest BCUT2D eigenvalue weighted by molar-refractivity contribution is 0.390. The van der Waals surface area contributed by atoms with Crippen molar-refractivity contribution in [1.29, 1.82) is 0 Å². The first-order chi connectivity index (χ1) is 14.2. The van der Waals surface area contributed by atoms with E-state index in [9.17, 15) is 0 Å². The van der Waals surface area contributed by atoms with Crippen molar-refractivity contribution in [3.8, 4) is 11.5 Å². The third-order valence-electron chi connectivity index (χ3n) is 4.50. The van der Waals surface area contributed by atoms with Crippen molar-refractivity contribution in [2.75, 3.05) is 21.3 Å². The molecule has 3 rings (SSSR count). The van der Waals surface area contributed by atoms with Crippen molar-refractivity contribution in [1.82, 2.24) is 20.4 Å². The van der Waals surface area contributed by atoms with E-state index in [0.717, 1.165) is 29.2 Å². The Labute approximate surface area is 194 Å². The standard InChI is InChI=1S/C22H27N5O2.HI/c1-23-22(25-14-19-9-10-20(28-2)11-21(19)29-3)24-12-18-13-26-27(16-18)15-17-7-5-4-6-8-17;/h4-11,13,16H,12,14-15H2,1-3H3,(H2,23,24,25);1H. The van der Waals surface area contributed by atoms with E-state index >= 15 is 0 Å². The Bertz CT molecular complexity index is 944. The van der Waals surface area contributed by atoms with Crippen LogP contribution in [-0.4, -0.2) is 37.0 Å². The third kappa shape index (κ3) is 6.65. The van der Waals surface area contributed by atoms with Crippen molar-refractivity contribution in [2.24, 2.45) is 4.99 Å². The van der Waals surface area contributed by atoms with Gasteiger partial charge in [0.2, 0.25) is 0 Å².